The van der Waals surface area contributed by atoms with Gasteiger partial charge in [-0.3, -0.25) is 0 Å². The normalized spacial score (nSPS) is 14.3. The fraction of sp³-hybridized carbons (Fsp3) is 0.256. The summed E-state index contributed by atoms with van der Waals surface area (Å²) in [6.07, 6.45) is 8.97. The first-order valence-electron chi connectivity index (χ1n) is 15.0. The van der Waals surface area contributed by atoms with E-state index < -0.39 is 18.3 Å². The topological polar surface area (TPSA) is 0 Å². The summed E-state index contributed by atoms with van der Waals surface area (Å²) in [6.45, 7) is 14.1. The van der Waals surface area contributed by atoms with Gasteiger partial charge in [0.15, 0.2) is 0 Å². The maximum atomic E-state index is 5.73. The van der Waals surface area contributed by atoms with Gasteiger partial charge < -0.3 is 0 Å². The number of fused-ring (bicyclic) bond motifs is 3. The average Bonchev–Trinajstić information content (AvgIpc) is 3.60. The first-order chi connectivity index (χ1) is 19.7. The van der Waals surface area contributed by atoms with Gasteiger partial charge in [-0.15, -0.1) is 24.8 Å². The van der Waals surface area contributed by atoms with E-state index in [1.807, 2.05) is 0 Å². The zero-order valence-electron chi connectivity index (χ0n) is 26.4. The Kier molecular flexibility index (Phi) is 10.3. The zero-order valence-corrected chi connectivity index (χ0v) is 34.8. The summed E-state index contributed by atoms with van der Waals surface area (Å²) in [7, 11) is 0. The van der Waals surface area contributed by atoms with Crippen LogP contribution in [0.5, 0.6) is 0 Å². The van der Waals surface area contributed by atoms with Crippen molar-refractivity contribution in [1.29, 1.82) is 0 Å². The van der Waals surface area contributed by atoms with Crippen LogP contribution in [0.3, 0.4) is 0 Å². The summed E-state index contributed by atoms with van der Waals surface area (Å²) in [5.41, 5.74) is 8.67. The van der Waals surface area contributed by atoms with E-state index in [0.29, 0.717) is 0 Å². The summed E-state index contributed by atoms with van der Waals surface area (Å²) in [5.74, 6) is 0. The molecule has 0 aromatic heterocycles. The maximum absolute atomic E-state index is 5.73. The van der Waals surface area contributed by atoms with E-state index in [-0.39, 0.29) is 35.6 Å². The second-order valence-electron chi connectivity index (χ2n) is 14.3. The molecule has 230 valence electrons. The van der Waals surface area contributed by atoms with E-state index in [9.17, 15) is 0 Å². The molecule has 2 aliphatic rings. The van der Waals surface area contributed by atoms with Crippen molar-refractivity contribution in [1.82, 2.24) is 0 Å². The van der Waals surface area contributed by atoms with E-state index >= 15 is 0 Å². The number of halogens is 4. The van der Waals surface area contributed by atoms with Gasteiger partial charge in [0.25, 0.3) is 0 Å². The number of hydrogen-bond donors (Lipinski definition) is 0. The molecule has 0 bridgehead atoms. The summed E-state index contributed by atoms with van der Waals surface area (Å²) in [6, 6.07) is 30.6. The molecular weight excluding hydrogens is 884 g/mol. The van der Waals surface area contributed by atoms with Crippen LogP contribution < -0.4 is 9.81 Å². The van der Waals surface area contributed by atoms with Crippen molar-refractivity contribution in [2.24, 2.45) is 0 Å². The molecule has 0 spiro atoms. The van der Waals surface area contributed by atoms with Gasteiger partial charge in [-0.1, -0.05) is 0 Å². The molecule has 0 unspecified atom stereocenters. The predicted octanol–water partition coefficient (Wildman–Crippen LogP) is 10.1. The van der Waals surface area contributed by atoms with Gasteiger partial charge >= 0.3 is 284 Å². The standard InChI is InChI=1S/C21H25.2C6H4I.C5H5.CH2.2ClH.Zr/c1-20(2,3)16-9-7-14-11-15-8-10-17(21(4,5)6)13-19(15)18(14)12-16;2*7-6-4-2-1-3-5-6;1-2-4-5-3-1;;;;/h7,9-10,12-13H,11H2,1-6H3;2*1-4H;1-3H,4H2;1H2;2*1H;. The Balaban J connectivity index is 0.00000221. The van der Waals surface area contributed by atoms with Crippen LogP contribution in [0.1, 0.15) is 70.2 Å². The number of allylic oxidation sites excluding steroid dienone is 4. The Labute approximate surface area is 304 Å². The van der Waals surface area contributed by atoms with Crippen LogP contribution in [0.4, 0.5) is 0 Å². The van der Waals surface area contributed by atoms with Gasteiger partial charge in [0.1, 0.15) is 0 Å². The molecule has 0 radical (unpaired) electrons. The predicted molar refractivity (Wildman–Crippen MR) is 213 cm³/mol. The molecule has 6 rings (SSSR count). The van der Waals surface area contributed by atoms with Crippen molar-refractivity contribution < 1.29 is 18.3 Å². The Morgan fingerprint density at radius 3 is 1.70 bits per heavy atom. The zero-order chi connectivity index (χ0) is 30.1. The number of hydrogen-bond acceptors (Lipinski definition) is 0. The molecule has 0 heterocycles. The molecule has 4 aromatic carbocycles. The van der Waals surface area contributed by atoms with Crippen molar-refractivity contribution >= 4 is 84.0 Å². The van der Waals surface area contributed by atoms with Gasteiger partial charge in [-0.25, -0.2) is 0 Å². The second kappa shape index (κ2) is 12.6. The van der Waals surface area contributed by atoms with Crippen LogP contribution in [0.15, 0.2) is 100 Å². The van der Waals surface area contributed by atoms with Crippen LogP contribution >= 0.6 is 70.0 Å². The molecule has 2 aliphatic carbocycles. The Morgan fingerprint density at radius 1 is 0.659 bits per heavy atom. The molecule has 5 heteroatoms. The van der Waals surface area contributed by atoms with Crippen molar-refractivity contribution in [3.05, 3.63) is 130 Å². The Morgan fingerprint density at radius 2 is 1.20 bits per heavy atom. The molecule has 0 N–H and O–H groups in total. The Bertz CT molecular complexity index is 1830. The van der Waals surface area contributed by atoms with Crippen LogP contribution in [-0.2, 0) is 35.5 Å². The summed E-state index contributed by atoms with van der Waals surface area (Å²) in [5, 5.41) is 0. The van der Waals surface area contributed by atoms with Crippen molar-refractivity contribution in [3.63, 3.8) is 0 Å². The summed E-state index contributed by atoms with van der Waals surface area (Å²) < 4.78 is 14.3. The van der Waals surface area contributed by atoms with Crippen molar-refractivity contribution in [3.8, 4) is 11.1 Å². The minimum absolute atomic E-state index is 0. The molecule has 44 heavy (non-hydrogen) atoms. The molecule has 0 nitrogen and oxygen atoms in total. The first-order valence-corrected chi connectivity index (χ1v) is 23.8. The van der Waals surface area contributed by atoms with Crippen LogP contribution in [0.25, 0.3) is 11.1 Å². The molecule has 0 atom stereocenters. The van der Waals surface area contributed by atoms with Gasteiger partial charge in [-0.2, -0.15) is 0 Å². The second-order valence-corrected chi connectivity index (χ2v) is 29.4. The van der Waals surface area contributed by atoms with Gasteiger partial charge in [0.05, 0.1) is 0 Å². The van der Waals surface area contributed by atoms with E-state index in [4.69, 9.17) is 4.21 Å². The number of rotatable bonds is 4. The van der Waals surface area contributed by atoms with Crippen molar-refractivity contribution in [2.45, 2.75) is 65.2 Å². The fourth-order valence-corrected chi connectivity index (χ4v) is 31.0. The van der Waals surface area contributed by atoms with Crippen molar-refractivity contribution in [2.75, 3.05) is 0 Å². The van der Waals surface area contributed by atoms with E-state index in [0.717, 1.165) is 12.8 Å². The molecule has 0 amide bonds. The van der Waals surface area contributed by atoms with E-state index in [2.05, 4.69) is 184 Å². The molecular formula is C39H42Cl2I2Zr. The van der Waals surface area contributed by atoms with Crippen LogP contribution in [0.2, 0.25) is 0 Å². The SMILES string of the molecule is Cl.Cl.[CH2]=[Zr]([C]1=CC=CC1)([c]1ccccc1I)([c]1ccccc1I)[c]1cc(C(C)(C)C)cc2c1Cc1ccc(C(C)(C)C)cc1-2. The van der Waals surface area contributed by atoms with E-state index in [1.165, 1.54) is 53.6 Å². The molecule has 4 aromatic rings. The summed E-state index contributed by atoms with van der Waals surface area (Å²) >= 11 is 0.387. The third-order valence-corrected chi connectivity index (χ3v) is 30.5. The molecule has 0 saturated carbocycles. The molecule has 0 saturated heterocycles. The third kappa shape index (κ3) is 5.57. The summed E-state index contributed by atoms with van der Waals surface area (Å²) in [4.78, 5) is 0. The Hall–Kier alpha value is -0.847. The monoisotopic (exact) mass is 924 g/mol. The van der Waals surface area contributed by atoms with E-state index in [1.54, 1.807) is 0 Å². The fourth-order valence-electron chi connectivity index (χ4n) is 7.29. The average molecular weight is 927 g/mol. The third-order valence-electron chi connectivity index (χ3n) is 9.76. The minimum atomic E-state index is -4.80. The number of benzene rings is 4. The quantitative estimate of drug-likeness (QED) is 0.158. The van der Waals surface area contributed by atoms with Gasteiger partial charge in [-0.05, 0) is 0 Å². The van der Waals surface area contributed by atoms with Gasteiger partial charge in [0.2, 0.25) is 0 Å². The first kappa shape index (κ1) is 36.0. The van der Waals surface area contributed by atoms with Crippen LogP contribution in [-0.4, -0.2) is 4.21 Å². The molecule has 0 fully saturated rings. The van der Waals surface area contributed by atoms with Crippen LogP contribution in [0, 0.1) is 7.14 Å². The van der Waals surface area contributed by atoms with Gasteiger partial charge in [0, 0.05) is 0 Å². The molecule has 0 aliphatic heterocycles.